The Morgan fingerprint density at radius 3 is 2.66 bits per heavy atom. The third-order valence-corrected chi connectivity index (χ3v) is 5.69. The fourth-order valence-electron chi connectivity index (χ4n) is 2.97. The SMILES string of the molecule is COc1ccc(CCNC(=O)CSc2cc(Cl)nc3ccc(C)cc23)cc1OC. The summed E-state index contributed by atoms with van der Waals surface area (Å²) >= 11 is 7.60. The number of aromatic nitrogens is 1. The number of pyridine rings is 1. The van der Waals surface area contributed by atoms with E-state index < -0.39 is 0 Å². The fraction of sp³-hybridized carbons (Fsp3) is 0.273. The lowest BCUT2D eigenvalue weighted by Crippen LogP contribution is -2.27. The first-order valence-electron chi connectivity index (χ1n) is 9.17. The Bertz CT molecular complexity index is 1030. The summed E-state index contributed by atoms with van der Waals surface area (Å²) in [5, 5.41) is 4.40. The minimum atomic E-state index is -0.0239. The predicted molar refractivity (Wildman–Crippen MR) is 118 cm³/mol. The first-order chi connectivity index (χ1) is 14.0. The van der Waals surface area contributed by atoms with E-state index in [0.717, 1.165) is 26.9 Å². The average molecular weight is 431 g/mol. The zero-order valence-corrected chi connectivity index (χ0v) is 18.2. The number of hydrogen-bond donors (Lipinski definition) is 1. The number of nitrogens with one attached hydrogen (secondary N) is 1. The molecule has 0 radical (unpaired) electrons. The van der Waals surface area contributed by atoms with Crippen LogP contribution in [0, 0.1) is 6.92 Å². The summed E-state index contributed by atoms with van der Waals surface area (Å²) in [6.07, 6.45) is 0.708. The summed E-state index contributed by atoms with van der Waals surface area (Å²) in [4.78, 5) is 17.6. The summed E-state index contributed by atoms with van der Waals surface area (Å²) in [6, 6.07) is 13.6. The normalized spacial score (nSPS) is 10.8. The van der Waals surface area contributed by atoms with Crippen molar-refractivity contribution >= 4 is 40.2 Å². The van der Waals surface area contributed by atoms with E-state index in [-0.39, 0.29) is 5.91 Å². The highest BCUT2D eigenvalue weighted by atomic mass is 35.5. The molecule has 0 bridgehead atoms. The Hall–Kier alpha value is -2.44. The minimum absolute atomic E-state index is 0.0239. The molecule has 3 rings (SSSR count). The second-order valence-electron chi connectivity index (χ2n) is 6.54. The number of nitrogens with zero attached hydrogens (tertiary/aromatic N) is 1. The quantitative estimate of drug-likeness (QED) is 0.416. The largest absolute Gasteiger partial charge is 0.493 e. The highest BCUT2D eigenvalue weighted by Crippen LogP contribution is 2.30. The number of benzene rings is 2. The molecule has 1 heterocycles. The van der Waals surface area contributed by atoms with Gasteiger partial charge in [0.15, 0.2) is 11.5 Å². The summed E-state index contributed by atoms with van der Waals surface area (Å²) in [5.41, 5.74) is 3.04. The van der Waals surface area contributed by atoms with Crippen molar-refractivity contribution in [1.29, 1.82) is 0 Å². The van der Waals surface area contributed by atoms with Gasteiger partial charge in [-0.15, -0.1) is 11.8 Å². The zero-order valence-electron chi connectivity index (χ0n) is 16.6. The van der Waals surface area contributed by atoms with Gasteiger partial charge in [-0.2, -0.15) is 0 Å². The van der Waals surface area contributed by atoms with Crippen LogP contribution in [0.5, 0.6) is 11.5 Å². The van der Waals surface area contributed by atoms with Crippen LogP contribution in [-0.4, -0.2) is 37.4 Å². The topological polar surface area (TPSA) is 60.5 Å². The average Bonchev–Trinajstić information content (AvgIpc) is 2.72. The molecule has 0 atom stereocenters. The van der Waals surface area contributed by atoms with Gasteiger partial charge >= 0.3 is 0 Å². The van der Waals surface area contributed by atoms with Crippen LogP contribution in [0.2, 0.25) is 5.15 Å². The number of carbonyl (C=O) groups excluding carboxylic acids is 1. The minimum Gasteiger partial charge on any atom is -0.493 e. The number of halogens is 1. The lowest BCUT2D eigenvalue weighted by molar-refractivity contribution is -0.118. The molecule has 1 amide bonds. The lowest BCUT2D eigenvalue weighted by atomic mass is 10.1. The van der Waals surface area contributed by atoms with Crippen molar-refractivity contribution in [2.24, 2.45) is 0 Å². The molecule has 0 fully saturated rings. The van der Waals surface area contributed by atoms with Crippen LogP contribution in [0.25, 0.3) is 10.9 Å². The monoisotopic (exact) mass is 430 g/mol. The van der Waals surface area contributed by atoms with Crippen molar-refractivity contribution < 1.29 is 14.3 Å². The van der Waals surface area contributed by atoms with E-state index in [1.165, 1.54) is 11.8 Å². The Labute approximate surface area is 179 Å². The third kappa shape index (κ3) is 5.55. The van der Waals surface area contributed by atoms with Crippen molar-refractivity contribution in [3.63, 3.8) is 0 Å². The zero-order chi connectivity index (χ0) is 20.8. The molecule has 0 saturated carbocycles. The first-order valence-corrected chi connectivity index (χ1v) is 10.5. The Balaban J connectivity index is 1.56. The van der Waals surface area contributed by atoms with E-state index in [4.69, 9.17) is 21.1 Å². The summed E-state index contributed by atoms with van der Waals surface area (Å²) in [6.45, 7) is 2.58. The Morgan fingerprint density at radius 2 is 1.90 bits per heavy atom. The van der Waals surface area contributed by atoms with Crippen LogP contribution in [0.4, 0.5) is 0 Å². The number of fused-ring (bicyclic) bond motifs is 1. The number of thioether (sulfide) groups is 1. The number of hydrogen-bond acceptors (Lipinski definition) is 5. The molecule has 3 aromatic rings. The molecule has 0 unspecified atom stereocenters. The number of aryl methyl sites for hydroxylation is 1. The molecular weight excluding hydrogens is 408 g/mol. The maximum atomic E-state index is 12.3. The molecule has 5 nitrogen and oxygen atoms in total. The molecule has 7 heteroatoms. The van der Waals surface area contributed by atoms with E-state index in [1.807, 2.05) is 43.3 Å². The third-order valence-electron chi connectivity index (χ3n) is 4.44. The van der Waals surface area contributed by atoms with E-state index in [0.29, 0.717) is 35.4 Å². The number of rotatable bonds is 8. The van der Waals surface area contributed by atoms with Gasteiger partial charge in [-0.1, -0.05) is 29.3 Å². The highest BCUT2D eigenvalue weighted by molar-refractivity contribution is 8.00. The molecule has 0 saturated heterocycles. The first kappa shape index (κ1) is 21.3. The van der Waals surface area contributed by atoms with Gasteiger partial charge in [0.1, 0.15) is 5.15 Å². The number of methoxy groups -OCH3 is 2. The van der Waals surface area contributed by atoms with Gasteiger partial charge in [-0.05, 0) is 49.2 Å². The van der Waals surface area contributed by atoms with E-state index in [1.54, 1.807) is 14.2 Å². The van der Waals surface area contributed by atoms with Crippen molar-refractivity contribution in [2.75, 3.05) is 26.5 Å². The van der Waals surface area contributed by atoms with E-state index >= 15 is 0 Å². The number of ether oxygens (including phenoxy) is 2. The Kier molecular flexibility index (Phi) is 7.23. The van der Waals surface area contributed by atoms with Crippen LogP contribution in [0.1, 0.15) is 11.1 Å². The van der Waals surface area contributed by atoms with Crippen LogP contribution in [0.15, 0.2) is 47.4 Å². The molecule has 1 aromatic heterocycles. The van der Waals surface area contributed by atoms with Gasteiger partial charge in [-0.3, -0.25) is 4.79 Å². The van der Waals surface area contributed by atoms with Crippen molar-refractivity contribution in [2.45, 2.75) is 18.2 Å². The summed E-state index contributed by atoms with van der Waals surface area (Å²) in [7, 11) is 3.22. The molecule has 29 heavy (non-hydrogen) atoms. The van der Waals surface area contributed by atoms with E-state index in [2.05, 4.69) is 16.4 Å². The van der Waals surface area contributed by atoms with Gasteiger partial charge in [-0.25, -0.2) is 4.98 Å². The predicted octanol–water partition coefficient (Wildman–Crippen LogP) is 4.66. The molecule has 2 aromatic carbocycles. The standard InChI is InChI=1S/C22H23ClN2O3S/c1-14-4-6-17-16(10-14)20(12-21(23)25-17)29-13-22(26)24-9-8-15-5-7-18(27-2)19(11-15)28-3/h4-7,10-12H,8-9,13H2,1-3H3,(H,24,26). The molecule has 1 N–H and O–H groups in total. The molecule has 0 aliphatic rings. The lowest BCUT2D eigenvalue weighted by Gasteiger charge is -2.10. The van der Waals surface area contributed by atoms with Gasteiger partial charge in [0.25, 0.3) is 0 Å². The summed E-state index contributed by atoms with van der Waals surface area (Å²) in [5.74, 6) is 1.66. The van der Waals surface area contributed by atoms with Gasteiger partial charge in [0, 0.05) is 16.8 Å². The van der Waals surface area contributed by atoms with E-state index in [9.17, 15) is 4.79 Å². The molecular formula is C22H23ClN2O3S. The number of amides is 1. The summed E-state index contributed by atoms with van der Waals surface area (Å²) < 4.78 is 10.6. The van der Waals surface area contributed by atoms with Gasteiger partial charge in [0.2, 0.25) is 5.91 Å². The van der Waals surface area contributed by atoms with Crippen molar-refractivity contribution in [3.8, 4) is 11.5 Å². The molecule has 0 aliphatic heterocycles. The maximum absolute atomic E-state index is 12.3. The molecule has 0 aliphatic carbocycles. The molecule has 0 spiro atoms. The van der Waals surface area contributed by atoms with Crippen molar-refractivity contribution in [3.05, 3.63) is 58.7 Å². The maximum Gasteiger partial charge on any atom is 0.230 e. The van der Waals surface area contributed by atoms with Crippen LogP contribution in [0.3, 0.4) is 0 Å². The van der Waals surface area contributed by atoms with Crippen LogP contribution < -0.4 is 14.8 Å². The smallest absolute Gasteiger partial charge is 0.230 e. The van der Waals surface area contributed by atoms with Crippen molar-refractivity contribution in [1.82, 2.24) is 10.3 Å². The highest BCUT2D eigenvalue weighted by Gasteiger charge is 2.10. The van der Waals surface area contributed by atoms with Gasteiger partial charge in [0.05, 0.1) is 25.5 Å². The van der Waals surface area contributed by atoms with Crippen LogP contribution >= 0.6 is 23.4 Å². The van der Waals surface area contributed by atoms with Gasteiger partial charge < -0.3 is 14.8 Å². The Morgan fingerprint density at radius 1 is 1.10 bits per heavy atom. The second kappa shape index (κ2) is 9.85. The second-order valence-corrected chi connectivity index (χ2v) is 7.95. The molecule has 152 valence electrons. The number of carbonyl (C=O) groups is 1. The van der Waals surface area contributed by atoms with Crippen LogP contribution in [-0.2, 0) is 11.2 Å². The fourth-order valence-corrected chi connectivity index (χ4v) is 4.14.